The van der Waals surface area contributed by atoms with Gasteiger partial charge in [-0.25, -0.2) is 9.50 Å². The van der Waals surface area contributed by atoms with Gasteiger partial charge < -0.3 is 5.32 Å². The second-order valence-electron chi connectivity index (χ2n) is 7.36. The fourth-order valence-electron chi connectivity index (χ4n) is 3.50. The molecule has 0 aliphatic heterocycles. The normalized spacial score (nSPS) is 11.1. The van der Waals surface area contributed by atoms with E-state index >= 15 is 0 Å². The molecule has 4 rings (SSSR count). The maximum atomic E-state index is 12.7. The Morgan fingerprint density at radius 2 is 1.80 bits per heavy atom. The van der Waals surface area contributed by atoms with Crippen molar-refractivity contribution >= 4 is 29.0 Å². The number of nitrogens with zero attached hydrogens (tertiary/aromatic N) is 4. The number of halogens is 1. The number of carbonyl (C=O) groups excluding carboxylic acids is 1. The second kappa shape index (κ2) is 7.88. The fourth-order valence-corrected chi connectivity index (χ4v) is 3.67. The summed E-state index contributed by atoms with van der Waals surface area (Å²) in [4.78, 5) is 21.9. The summed E-state index contributed by atoms with van der Waals surface area (Å²) < 4.78 is 1.71. The topological polar surface area (TPSA) is 72.2 Å². The lowest BCUT2D eigenvalue weighted by molar-refractivity contribution is -0.115. The molecule has 0 saturated carbocycles. The van der Waals surface area contributed by atoms with E-state index in [2.05, 4.69) is 20.4 Å². The first-order valence-electron chi connectivity index (χ1n) is 9.69. The number of aryl methyl sites for hydroxylation is 3. The number of hydrogen-bond donors (Lipinski definition) is 1. The van der Waals surface area contributed by atoms with Gasteiger partial charge in [-0.2, -0.15) is 4.98 Å². The summed E-state index contributed by atoms with van der Waals surface area (Å²) in [6.45, 7) is 7.73. The predicted octanol–water partition coefficient (Wildman–Crippen LogP) is 4.86. The van der Waals surface area contributed by atoms with E-state index < -0.39 is 0 Å². The third kappa shape index (κ3) is 3.66. The number of amides is 1. The molecule has 1 amide bonds. The van der Waals surface area contributed by atoms with E-state index in [9.17, 15) is 4.79 Å². The van der Waals surface area contributed by atoms with Crippen LogP contribution >= 0.6 is 11.6 Å². The van der Waals surface area contributed by atoms with Crippen molar-refractivity contribution in [3.63, 3.8) is 0 Å². The van der Waals surface area contributed by atoms with E-state index in [0.717, 1.165) is 33.6 Å². The highest BCUT2D eigenvalue weighted by atomic mass is 35.5. The highest BCUT2D eigenvalue weighted by Crippen LogP contribution is 2.24. The van der Waals surface area contributed by atoms with E-state index in [0.29, 0.717) is 22.3 Å². The van der Waals surface area contributed by atoms with E-state index in [-0.39, 0.29) is 12.3 Å². The van der Waals surface area contributed by atoms with Crippen LogP contribution in [-0.2, 0) is 11.2 Å². The lowest BCUT2D eigenvalue weighted by Gasteiger charge is -2.12. The van der Waals surface area contributed by atoms with Crippen LogP contribution < -0.4 is 5.32 Å². The van der Waals surface area contributed by atoms with Gasteiger partial charge in [0, 0.05) is 33.2 Å². The third-order valence-electron chi connectivity index (χ3n) is 5.31. The minimum atomic E-state index is -0.132. The van der Waals surface area contributed by atoms with Gasteiger partial charge in [-0.3, -0.25) is 4.79 Å². The molecule has 0 spiro atoms. The van der Waals surface area contributed by atoms with Gasteiger partial charge in [0.1, 0.15) is 0 Å². The van der Waals surface area contributed by atoms with Crippen LogP contribution in [0.1, 0.15) is 28.1 Å². The molecule has 4 aromatic rings. The van der Waals surface area contributed by atoms with Crippen molar-refractivity contribution in [2.75, 3.05) is 5.32 Å². The highest BCUT2D eigenvalue weighted by Gasteiger charge is 2.18. The molecule has 2 heterocycles. The SMILES string of the molecule is Cc1ccccc1-c1nc2nc(C)c(CC(=O)Nc3cccc(Cl)c3C)c(C)n2n1. The van der Waals surface area contributed by atoms with Crippen LogP contribution in [0.5, 0.6) is 0 Å². The second-order valence-corrected chi connectivity index (χ2v) is 7.77. The number of rotatable bonds is 4. The van der Waals surface area contributed by atoms with Gasteiger partial charge in [0.25, 0.3) is 5.78 Å². The van der Waals surface area contributed by atoms with Gasteiger partial charge in [0.05, 0.1) is 6.42 Å². The van der Waals surface area contributed by atoms with E-state index in [4.69, 9.17) is 11.6 Å². The molecule has 1 N–H and O–H groups in total. The Morgan fingerprint density at radius 3 is 2.57 bits per heavy atom. The quantitative estimate of drug-likeness (QED) is 0.512. The number of carbonyl (C=O) groups is 1. The third-order valence-corrected chi connectivity index (χ3v) is 5.72. The summed E-state index contributed by atoms with van der Waals surface area (Å²) >= 11 is 6.16. The molecule has 0 aliphatic rings. The van der Waals surface area contributed by atoms with Crippen LogP contribution in [-0.4, -0.2) is 25.5 Å². The van der Waals surface area contributed by atoms with Crippen LogP contribution in [0.4, 0.5) is 5.69 Å². The molecule has 152 valence electrons. The van der Waals surface area contributed by atoms with Crippen molar-refractivity contribution < 1.29 is 4.79 Å². The van der Waals surface area contributed by atoms with Crippen molar-refractivity contribution in [3.8, 4) is 11.4 Å². The number of aromatic nitrogens is 4. The number of hydrogen-bond acceptors (Lipinski definition) is 4. The molecule has 0 unspecified atom stereocenters. The van der Waals surface area contributed by atoms with Crippen LogP contribution in [0, 0.1) is 27.7 Å². The van der Waals surface area contributed by atoms with Crippen LogP contribution in [0.15, 0.2) is 42.5 Å². The lowest BCUT2D eigenvalue weighted by atomic mass is 10.1. The molecule has 0 radical (unpaired) electrons. The number of fused-ring (bicyclic) bond motifs is 1. The number of anilines is 1. The first-order valence-corrected chi connectivity index (χ1v) is 10.1. The van der Waals surface area contributed by atoms with E-state index in [1.165, 1.54) is 0 Å². The van der Waals surface area contributed by atoms with Gasteiger partial charge in [-0.05, 0) is 51.0 Å². The first-order chi connectivity index (χ1) is 14.3. The van der Waals surface area contributed by atoms with Crippen molar-refractivity contribution in [2.45, 2.75) is 34.1 Å². The zero-order chi connectivity index (χ0) is 21.4. The largest absolute Gasteiger partial charge is 0.326 e. The summed E-state index contributed by atoms with van der Waals surface area (Å²) in [7, 11) is 0. The minimum Gasteiger partial charge on any atom is -0.326 e. The molecule has 7 heteroatoms. The smallest absolute Gasteiger partial charge is 0.253 e. The summed E-state index contributed by atoms with van der Waals surface area (Å²) in [5.41, 5.74) is 6.06. The maximum absolute atomic E-state index is 12.7. The van der Waals surface area contributed by atoms with Crippen molar-refractivity contribution in [1.29, 1.82) is 0 Å². The van der Waals surface area contributed by atoms with Gasteiger partial charge in [-0.1, -0.05) is 41.9 Å². The Kier molecular flexibility index (Phi) is 5.26. The zero-order valence-corrected chi connectivity index (χ0v) is 18.1. The average Bonchev–Trinajstić information content (AvgIpc) is 3.13. The Bertz CT molecular complexity index is 1280. The zero-order valence-electron chi connectivity index (χ0n) is 17.3. The van der Waals surface area contributed by atoms with E-state index in [1.54, 1.807) is 10.6 Å². The van der Waals surface area contributed by atoms with Crippen LogP contribution in [0.25, 0.3) is 17.2 Å². The molecule has 30 heavy (non-hydrogen) atoms. The van der Waals surface area contributed by atoms with E-state index in [1.807, 2.05) is 64.1 Å². The van der Waals surface area contributed by atoms with Crippen LogP contribution in [0.2, 0.25) is 5.02 Å². The van der Waals surface area contributed by atoms with Crippen LogP contribution in [0.3, 0.4) is 0 Å². The summed E-state index contributed by atoms with van der Waals surface area (Å²) in [5.74, 6) is 1.02. The predicted molar refractivity (Wildman–Crippen MR) is 119 cm³/mol. The Morgan fingerprint density at radius 1 is 1.03 bits per heavy atom. The van der Waals surface area contributed by atoms with Crippen molar-refractivity contribution in [1.82, 2.24) is 19.6 Å². The number of nitrogens with one attached hydrogen (secondary N) is 1. The summed E-state index contributed by atoms with van der Waals surface area (Å²) in [5, 5.41) is 8.22. The molecule has 0 atom stereocenters. The van der Waals surface area contributed by atoms with Crippen molar-refractivity contribution in [2.24, 2.45) is 0 Å². The Hall–Kier alpha value is -3.25. The minimum absolute atomic E-state index is 0.132. The van der Waals surface area contributed by atoms with Gasteiger partial charge in [0.15, 0.2) is 5.82 Å². The molecule has 2 aromatic carbocycles. The molecule has 0 saturated heterocycles. The molecule has 0 fully saturated rings. The van der Waals surface area contributed by atoms with Crippen molar-refractivity contribution in [3.05, 3.63) is 75.6 Å². The molecule has 0 bridgehead atoms. The standard InChI is InChI=1S/C23H22ClN5O/c1-13-8-5-6-9-17(13)22-27-23-25-15(3)18(16(4)29(23)28-22)12-21(30)26-20-11-7-10-19(24)14(20)2/h5-11H,12H2,1-4H3,(H,26,30). The lowest BCUT2D eigenvalue weighted by Crippen LogP contribution is -2.18. The van der Waals surface area contributed by atoms with Gasteiger partial charge in [0.2, 0.25) is 5.91 Å². The molecule has 2 aromatic heterocycles. The highest BCUT2D eigenvalue weighted by molar-refractivity contribution is 6.31. The molecular weight excluding hydrogens is 398 g/mol. The molecule has 0 aliphatic carbocycles. The fraction of sp³-hybridized carbons (Fsp3) is 0.217. The molecule has 6 nitrogen and oxygen atoms in total. The number of benzene rings is 2. The summed E-state index contributed by atoms with van der Waals surface area (Å²) in [6, 6.07) is 13.4. The molecular formula is C23H22ClN5O. The Labute approximate surface area is 179 Å². The van der Waals surface area contributed by atoms with Gasteiger partial charge in [-0.15, -0.1) is 5.10 Å². The monoisotopic (exact) mass is 419 g/mol. The maximum Gasteiger partial charge on any atom is 0.253 e. The average molecular weight is 420 g/mol. The summed E-state index contributed by atoms with van der Waals surface area (Å²) in [6.07, 6.45) is 0.187. The first kappa shape index (κ1) is 20.0. The Balaban J connectivity index is 1.67. The van der Waals surface area contributed by atoms with Gasteiger partial charge >= 0.3 is 0 Å².